The number of amides is 1. The van der Waals surface area contributed by atoms with E-state index < -0.39 is 0 Å². The third-order valence-electron chi connectivity index (χ3n) is 1.73. The molecule has 0 aromatic carbocycles. The van der Waals surface area contributed by atoms with Crippen LogP contribution in [0.4, 0.5) is 5.82 Å². The van der Waals surface area contributed by atoms with Gasteiger partial charge in [0, 0.05) is 18.3 Å². The second-order valence-electron chi connectivity index (χ2n) is 2.78. The average Bonchev–Trinajstić information content (AvgIpc) is 2.71. The Morgan fingerprint density at radius 1 is 1.40 bits per heavy atom. The minimum absolute atomic E-state index is 0.256. The summed E-state index contributed by atoms with van der Waals surface area (Å²) in [5.74, 6) is -0.0358. The molecule has 0 aliphatic heterocycles. The third kappa shape index (κ3) is 2.11. The van der Waals surface area contributed by atoms with Crippen LogP contribution in [-0.4, -0.2) is 16.0 Å². The second kappa shape index (κ2) is 3.79. The molecule has 0 radical (unpaired) electrons. The van der Waals surface area contributed by atoms with Crippen LogP contribution in [0.15, 0.2) is 40.0 Å². The van der Waals surface area contributed by atoms with Crippen molar-refractivity contribution in [3.8, 4) is 0 Å². The van der Waals surface area contributed by atoms with Crippen LogP contribution in [0.5, 0.6) is 0 Å². The third-order valence-corrected chi connectivity index (χ3v) is 1.73. The van der Waals surface area contributed by atoms with Crippen LogP contribution >= 0.6 is 0 Å². The largest absolute Gasteiger partial charge is 0.363 e. The molecule has 2 aromatic heterocycles. The summed E-state index contributed by atoms with van der Waals surface area (Å²) in [4.78, 5) is 24.7. The highest BCUT2D eigenvalue weighted by molar-refractivity contribution is 6.03. The Morgan fingerprint density at radius 3 is 2.87 bits per heavy atom. The molecule has 0 atom stereocenters. The fourth-order valence-corrected chi connectivity index (χ4v) is 1.02. The second-order valence-corrected chi connectivity index (χ2v) is 2.78. The van der Waals surface area contributed by atoms with Crippen molar-refractivity contribution in [1.29, 1.82) is 0 Å². The smallest absolute Gasteiger partial charge is 0.258 e. The topological polar surface area (TPSA) is 88.0 Å². The molecule has 6 nitrogen and oxygen atoms in total. The van der Waals surface area contributed by atoms with Crippen molar-refractivity contribution in [3.63, 3.8) is 0 Å². The molecule has 2 aromatic rings. The van der Waals surface area contributed by atoms with Gasteiger partial charge in [-0.15, -0.1) is 0 Å². The predicted molar refractivity (Wildman–Crippen MR) is 51.5 cm³/mol. The minimum Gasteiger partial charge on any atom is -0.363 e. The van der Waals surface area contributed by atoms with Gasteiger partial charge in [0.2, 0.25) is 5.56 Å². The number of aromatic nitrogens is 2. The van der Waals surface area contributed by atoms with Gasteiger partial charge < -0.3 is 14.8 Å². The molecule has 0 aliphatic rings. The van der Waals surface area contributed by atoms with Crippen molar-refractivity contribution in [2.45, 2.75) is 0 Å². The summed E-state index contributed by atoms with van der Waals surface area (Å²) >= 11 is 0. The van der Waals surface area contributed by atoms with Gasteiger partial charge in [0.1, 0.15) is 6.26 Å². The minimum atomic E-state index is -0.361. The van der Waals surface area contributed by atoms with Gasteiger partial charge in [-0.05, 0) is 6.07 Å². The quantitative estimate of drug-likeness (QED) is 0.752. The van der Waals surface area contributed by atoms with Gasteiger partial charge >= 0.3 is 0 Å². The number of aromatic amines is 1. The zero-order valence-electron chi connectivity index (χ0n) is 7.56. The number of nitrogens with zero attached hydrogens (tertiary/aromatic N) is 1. The molecule has 0 unspecified atom stereocenters. The van der Waals surface area contributed by atoms with Crippen molar-refractivity contribution in [3.05, 3.63) is 46.6 Å². The number of pyridine rings is 1. The normalized spacial score (nSPS) is 9.87. The van der Waals surface area contributed by atoms with Gasteiger partial charge in [0.25, 0.3) is 5.91 Å². The van der Waals surface area contributed by atoms with Gasteiger partial charge in [0.15, 0.2) is 5.82 Å². The fraction of sp³-hybridized carbons (Fsp3) is 0. The molecule has 2 N–H and O–H groups in total. The molecule has 76 valence electrons. The number of nitrogens with one attached hydrogen (secondary N) is 2. The first-order valence-electron chi connectivity index (χ1n) is 4.16. The van der Waals surface area contributed by atoms with Gasteiger partial charge in [-0.1, -0.05) is 5.16 Å². The van der Waals surface area contributed by atoms with E-state index in [0.29, 0.717) is 11.4 Å². The highest BCUT2D eigenvalue weighted by Gasteiger charge is 2.06. The van der Waals surface area contributed by atoms with E-state index in [4.69, 9.17) is 0 Å². The molecule has 0 aliphatic carbocycles. The van der Waals surface area contributed by atoms with E-state index in [1.807, 2.05) is 0 Å². The predicted octanol–water partition coefficient (Wildman–Crippen LogP) is 0.615. The average molecular weight is 205 g/mol. The van der Waals surface area contributed by atoms with E-state index >= 15 is 0 Å². The fourth-order valence-electron chi connectivity index (χ4n) is 1.02. The number of carbonyl (C=O) groups excluding carboxylic acids is 1. The first-order chi connectivity index (χ1) is 7.25. The SMILES string of the molecule is O=C(Nc1ccon1)c1ccc(=O)[nH]c1. The highest BCUT2D eigenvalue weighted by Crippen LogP contribution is 2.04. The van der Waals surface area contributed by atoms with Crippen molar-refractivity contribution < 1.29 is 9.32 Å². The molecule has 0 spiro atoms. The van der Waals surface area contributed by atoms with E-state index in [0.717, 1.165) is 0 Å². The molecule has 0 saturated carbocycles. The van der Waals surface area contributed by atoms with Gasteiger partial charge in [0.05, 0.1) is 5.56 Å². The monoisotopic (exact) mass is 205 g/mol. The van der Waals surface area contributed by atoms with Gasteiger partial charge in [-0.2, -0.15) is 0 Å². The first kappa shape index (κ1) is 9.20. The number of hydrogen-bond acceptors (Lipinski definition) is 4. The summed E-state index contributed by atoms with van der Waals surface area (Å²) in [6.45, 7) is 0. The van der Waals surface area contributed by atoms with Crippen molar-refractivity contribution in [2.24, 2.45) is 0 Å². The number of hydrogen-bond donors (Lipinski definition) is 2. The van der Waals surface area contributed by atoms with E-state index in [9.17, 15) is 9.59 Å². The number of H-pyrrole nitrogens is 1. The van der Waals surface area contributed by atoms with Crippen LogP contribution in [0, 0.1) is 0 Å². The van der Waals surface area contributed by atoms with Crippen LogP contribution in [0.2, 0.25) is 0 Å². The molecule has 6 heteroatoms. The summed E-state index contributed by atoms with van der Waals surface area (Å²) in [5.41, 5.74) is 0.0885. The maximum Gasteiger partial charge on any atom is 0.258 e. The van der Waals surface area contributed by atoms with Crippen LogP contribution in [0.25, 0.3) is 0 Å². The van der Waals surface area contributed by atoms with Crippen LogP contribution in [0.1, 0.15) is 10.4 Å². The Labute approximate surface area is 83.9 Å². The molecule has 2 rings (SSSR count). The Bertz CT molecular complexity index is 495. The molecular weight excluding hydrogens is 198 g/mol. The standard InChI is InChI=1S/C9H7N3O3/c13-8-2-1-6(5-10-8)9(14)11-7-3-4-15-12-7/h1-5H,(H,10,13)(H,11,12,14). The summed E-state index contributed by atoms with van der Waals surface area (Å²) < 4.78 is 4.55. The number of anilines is 1. The molecule has 0 bridgehead atoms. The highest BCUT2D eigenvalue weighted by atomic mass is 16.5. The maximum atomic E-state index is 11.5. The van der Waals surface area contributed by atoms with E-state index in [-0.39, 0.29) is 11.5 Å². The van der Waals surface area contributed by atoms with E-state index in [1.54, 1.807) is 0 Å². The van der Waals surface area contributed by atoms with Crippen molar-refractivity contribution >= 4 is 11.7 Å². The summed E-state index contributed by atoms with van der Waals surface area (Å²) in [6, 6.07) is 4.22. The van der Waals surface area contributed by atoms with Gasteiger partial charge in [-0.25, -0.2) is 0 Å². The molecule has 0 saturated heterocycles. The lowest BCUT2D eigenvalue weighted by atomic mass is 10.3. The van der Waals surface area contributed by atoms with Gasteiger partial charge in [-0.3, -0.25) is 9.59 Å². The molecule has 15 heavy (non-hydrogen) atoms. The van der Waals surface area contributed by atoms with Crippen LogP contribution < -0.4 is 10.9 Å². The van der Waals surface area contributed by atoms with Crippen molar-refractivity contribution in [2.75, 3.05) is 5.32 Å². The summed E-state index contributed by atoms with van der Waals surface area (Å²) in [7, 11) is 0. The van der Waals surface area contributed by atoms with Crippen LogP contribution in [-0.2, 0) is 0 Å². The van der Waals surface area contributed by atoms with E-state index in [1.165, 1.54) is 30.7 Å². The number of carbonyl (C=O) groups is 1. The molecule has 1 amide bonds. The molecular formula is C9H7N3O3. The Kier molecular flexibility index (Phi) is 2.32. The Balaban J connectivity index is 2.15. The Hall–Kier alpha value is -2.37. The lowest BCUT2D eigenvalue weighted by molar-refractivity contribution is 0.102. The summed E-state index contributed by atoms with van der Waals surface area (Å²) in [5, 5.41) is 6.01. The maximum absolute atomic E-state index is 11.5. The summed E-state index contributed by atoms with van der Waals surface area (Å²) in [6.07, 6.45) is 2.68. The zero-order valence-corrected chi connectivity index (χ0v) is 7.56. The van der Waals surface area contributed by atoms with Crippen LogP contribution in [0.3, 0.4) is 0 Å². The van der Waals surface area contributed by atoms with E-state index in [2.05, 4.69) is 20.0 Å². The first-order valence-corrected chi connectivity index (χ1v) is 4.16. The lowest BCUT2D eigenvalue weighted by Crippen LogP contribution is -2.14. The lowest BCUT2D eigenvalue weighted by Gasteiger charge is -1.99. The number of rotatable bonds is 2. The zero-order chi connectivity index (χ0) is 10.7. The Morgan fingerprint density at radius 2 is 2.27 bits per heavy atom. The molecule has 0 fully saturated rings. The molecule has 2 heterocycles. The van der Waals surface area contributed by atoms with Crippen molar-refractivity contribution in [1.82, 2.24) is 10.1 Å².